The van der Waals surface area contributed by atoms with Gasteiger partial charge in [-0.2, -0.15) is 18.6 Å². The average Bonchev–Trinajstić information content (AvgIpc) is 3.28. The molecule has 248 valence electrons. The van der Waals surface area contributed by atoms with Crippen molar-refractivity contribution in [3.63, 3.8) is 0 Å². The largest absolute Gasteiger partial charge is 0.471 e. The van der Waals surface area contributed by atoms with Gasteiger partial charge in [-0.15, -0.1) is 4.48 Å². The number of nitrogens with zero attached hydrogens (tertiary/aromatic N) is 1. The minimum absolute atomic E-state index is 0.0525. The van der Waals surface area contributed by atoms with Crippen LogP contribution in [0.15, 0.2) is 12.2 Å². The number of carbonyl (C=O) groups is 5. The van der Waals surface area contributed by atoms with E-state index in [9.17, 15) is 46.0 Å². The second kappa shape index (κ2) is 14.3. The predicted molar refractivity (Wildman–Crippen MR) is 144 cm³/mol. The van der Waals surface area contributed by atoms with Crippen LogP contribution in [-0.2, 0) is 28.7 Å². The van der Waals surface area contributed by atoms with Crippen molar-refractivity contribution in [2.75, 3.05) is 26.4 Å². The Morgan fingerprint density at radius 2 is 1.86 bits per heavy atom. The van der Waals surface area contributed by atoms with Gasteiger partial charge in [-0.1, -0.05) is 39.4 Å². The molecule has 17 heteroatoms. The van der Waals surface area contributed by atoms with E-state index in [4.69, 9.17) is 4.74 Å². The number of carbonyl (C=O) groups excluding carboxylic acids is 5. The van der Waals surface area contributed by atoms with Crippen molar-refractivity contribution in [1.29, 1.82) is 0 Å². The molecule has 1 aliphatic carbocycles. The van der Waals surface area contributed by atoms with Crippen molar-refractivity contribution in [2.45, 2.75) is 71.1 Å². The van der Waals surface area contributed by atoms with Crippen molar-refractivity contribution in [3.05, 3.63) is 12.2 Å². The van der Waals surface area contributed by atoms with E-state index in [0.29, 0.717) is 13.0 Å². The molecule has 2 saturated heterocycles. The molecule has 4 amide bonds. The number of hydrogen-bond donors (Lipinski definition) is 5. The smallest absolute Gasteiger partial charge is 0.356 e. The Balaban J connectivity index is 1.83. The van der Waals surface area contributed by atoms with Gasteiger partial charge in [0.15, 0.2) is 5.78 Å². The van der Waals surface area contributed by atoms with Crippen LogP contribution < -0.4 is 27.0 Å². The minimum atomic E-state index is -5.22. The summed E-state index contributed by atoms with van der Waals surface area (Å²) in [6, 6.07) is -4.03. The van der Waals surface area contributed by atoms with Gasteiger partial charge >= 0.3 is 12.1 Å². The molecule has 0 aromatic rings. The van der Waals surface area contributed by atoms with Crippen LogP contribution in [0.3, 0.4) is 0 Å². The number of allylic oxidation sites excluding steroid dienone is 1. The summed E-state index contributed by atoms with van der Waals surface area (Å²) in [7, 11) is 0. The number of alkyl halides is 4. The lowest BCUT2D eigenvalue weighted by atomic mass is 9.94. The third-order valence-electron chi connectivity index (χ3n) is 8.63. The van der Waals surface area contributed by atoms with Crippen LogP contribution >= 0.6 is 0 Å². The number of fused-ring (bicyclic) bond motifs is 1. The molecule has 3 aliphatic rings. The molecule has 3 rings (SSSR count). The van der Waals surface area contributed by atoms with Crippen molar-refractivity contribution < 1.29 is 50.8 Å². The number of Topliss-reactive ketones (excluding diaryl/α,β-unsaturated/α-hetero) is 1. The zero-order valence-electron chi connectivity index (χ0n) is 24.8. The Morgan fingerprint density at radius 3 is 2.41 bits per heavy atom. The molecule has 0 aromatic heterocycles. The summed E-state index contributed by atoms with van der Waals surface area (Å²) in [6.07, 6.45) is -4.09. The van der Waals surface area contributed by atoms with Crippen molar-refractivity contribution >= 4 is 29.4 Å². The Morgan fingerprint density at radius 1 is 1.18 bits per heavy atom. The number of nitrogens with one attached hydrogen (secondary N) is 5. The molecule has 0 aromatic carbocycles. The van der Waals surface area contributed by atoms with Crippen LogP contribution in [-0.4, -0.2) is 91.2 Å². The third-order valence-corrected chi connectivity index (χ3v) is 8.63. The first-order valence-electron chi connectivity index (χ1n) is 14.3. The summed E-state index contributed by atoms with van der Waals surface area (Å²) < 4.78 is 69.4. The topological polar surface area (TPSA) is 158 Å². The maximum atomic E-state index is 13.8. The quantitative estimate of drug-likeness (QED) is 0.0574. The van der Waals surface area contributed by atoms with E-state index in [1.54, 1.807) is 5.32 Å². The molecule has 12 nitrogen and oxygen atoms in total. The summed E-state index contributed by atoms with van der Waals surface area (Å²) >= 11 is 0. The number of halogens is 5. The van der Waals surface area contributed by atoms with E-state index in [1.165, 1.54) is 13.8 Å². The number of ketones is 1. The van der Waals surface area contributed by atoms with E-state index in [0.717, 1.165) is 22.7 Å². The Bertz CT molecular complexity index is 1140. The third kappa shape index (κ3) is 8.10. The maximum absolute atomic E-state index is 13.8. The molecule has 0 spiro atoms. The first kappa shape index (κ1) is 35.3. The van der Waals surface area contributed by atoms with Crippen molar-refractivity contribution in [1.82, 2.24) is 31.9 Å². The van der Waals surface area contributed by atoms with Crippen LogP contribution in [0.2, 0.25) is 0 Å². The number of rotatable bonds is 15. The molecule has 44 heavy (non-hydrogen) atoms. The van der Waals surface area contributed by atoms with E-state index < -0.39 is 84.6 Å². The van der Waals surface area contributed by atoms with Crippen LogP contribution in [0.25, 0.3) is 0 Å². The number of hydrogen-bond acceptors (Lipinski definition) is 8. The highest BCUT2D eigenvalue weighted by Gasteiger charge is 2.69. The van der Waals surface area contributed by atoms with Gasteiger partial charge in [0.25, 0.3) is 0 Å². The molecule has 0 bridgehead atoms. The maximum Gasteiger partial charge on any atom is 0.471 e. The summed E-state index contributed by atoms with van der Waals surface area (Å²) in [5.41, 5.74) is 2.75. The highest BCUT2D eigenvalue weighted by Crippen LogP contribution is 2.65. The summed E-state index contributed by atoms with van der Waals surface area (Å²) in [4.78, 5) is 65.8. The number of amides is 4. The summed E-state index contributed by atoms with van der Waals surface area (Å²) in [6.45, 7) is 5.53. The van der Waals surface area contributed by atoms with Crippen LogP contribution in [0.4, 0.5) is 22.0 Å². The molecule has 7 atom stereocenters. The van der Waals surface area contributed by atoms with E-state index in [2.05, 4.69) is 10.6 Å². The van der Waals surface area contributed by atoms with Gasteiger partial charge in [0, 0.05) is 19.0 Å². The summed E-state index contributed by atoms with van der Waals surface area (Å²) in [5.74, 6) is -6.85. The van der Waals surface area contributed by atoms with Gasteiger partial charge < -0.3 is 25.6 Å². The zero-order chi connectivity index (χ0) is 33.0. The van der Waals surface area contributed by atoms with Crippen molar-refractivity contribution in [2.24, 2.45) is 29.1 Å². The van der Waals surface area contributed by atoms with Crippen molar-refractivity contribution in [3.8, 4) is 0 Å². The second-order valence-electron chi connectivity index (χ2n) is 12.2. The Kier molecular flexibility index (Phi) is 11.5. The van der Waals surface area contributed by atoms with Gasteiger partial charge in [0.05, 0.1) is 6.04 Å². The molecular weight excluding hydrogens is 599 g/mol. The molecule has 1 saturated carbocycles. The average molecular weight is 639 g/mol. The highest BCUT2D eigenvalue weighted by molar-refractivity contribution is 5.97. The number of hydrazine groups is 1. The van der Waals surface area contributed by atoms with E-state index in [-0.39, 0.29) is 30.7 Å². The lowest BCUT2D eigenvalue weighted by molar-refractivity contribution is -0.175. The number of likely N-dealkylation sites (tertiary alicyclic amines) is 1. The first-order valence-corrected chi connectivity index (χ1v) is 14.3. The second-order valence-corrected chi connectivity index (χ2v) is 12.2. The fourth-order valence-corrected chi connectivity index (χ4v) is 6.06. The lowest BCUT2D eigenvalue weighted by Crippen LogP contribution is -2.59. The van der Waals surface area contributed by atoms with Gasteiger partial charge in [-0.25, -0.2) is 4.39 Å². The molecule has 3 fully saturated rings. The van der Waals surface area contributed by atoms with Gasteiger partial charge in [-0.3, -0.25) is 24.0 Å². The number of piperidine rings is 1. The van der Waals surface area contributed by atoms with Crippen LogP contribution in [0.5, 0.6) is 0 Å². The predicted octanol–water partition coefficient (Wildman–Crippen LogP) is 0.600. The molecule has 2 aliphatic heterocycles. The Hall–Kier alpha value is -3.18. The monoisotopic (exact) mass is 638 g/mol. The minimum Gasteiger partial charge on any atom is -0.356 e. The van der Waals surface area contributed by atoms with Crippen LogP contribution in [0.1, 0.15) is 40.5 Å². The standard InChI is InChI=1S/C27H39F5N6O6/c1-13(2)20(35-25(43)27(29,30)31)24(42)38-11-15-19(26(15,3)4)21(38)23(41)34-16(10-14-7-9-33-22(14)40)17(39)12-44-18(36-37-32)6-5-8-28/h5-6,13-16,18-21,36-37H,7-12H2,1-4H3,(H,33,40)(H,34,41)(H,35,43)/t14-,15-,16-,18?,19-,20-,21-/m0/s1. The molecule has 5 N–H and O–H groups in total. The van der Waals surface area contributed by atoms with E-state index in [1.807, 2.05) is 19.3 Å². The zero-order valence-corrected chi connectivity index (χ0v) is 24.8. The molecular formula is C27H39F5N6O6. The summed E-state index contributed by atoms with van der Waals surface area (Å²) in [5, 5.41) is 7.00. The van der Waals surface area contributed by atoms with Gasteiger partial charge in [0.1, 0.15) is 31.6 Å². The Labute approximate surface area is 251 Å². The van der Waals surface area contributed by atoms with Crippen LogP contribution in [0, 0.1) is 29.1 Å². The highest BCUT2D eigenvalue weighted by atomic mass is 19.4. The first-order chi connectivity index (χ1) is 20.5. The number of ether oxygens (including phenoxy) is 1. The fourth-order valence-electron chi connectivity index (χ4n) is 6.06. The van der Waals surface area contributed by atoms with E-state index >= 15 is 0 Å². The SMILES string of the molecule is CC(C)[C@H](NC(=O)C(F)(F)F)C(=O)N1C[C@H]2[C@@H]([C@H]1C(=O)N[C@@H](C[C@@H]1CCNC1=O)C(=O)COC(C=CCF)NNF)C2(C)C. The normalized spacial score (nSPS) is 26.2. The molecule has 2 heterocycles. The van der Waals surface area contributed by atoms with Gasteiger partial charge in [0.2, 0.25) is 17.7 Å². The molecule has 1 unspecified atom stereocenters. The lowest BCUT2D eigenvalue weighted by Gasteiger charge is -2.35. The van der Waals surface area contributed by atoms with Gasteiger partial charge in [-0.05, 0) is 42.1 Å². The fraction of sp³-hybridized carbons (Fsp3) is 0.741. The molecule has 0 radical (unpaired) electrons.